The van der Waals surface area contributed by atoms with Gasteiger partial charge in [-0.1, -0.05) is 24.3 Å². The maximum Gasteiger partial charge on any atom is 0.226 e. The summed E-state index contributed by atoms with van der Waals surface area (Å²) in [6, 6.07) is 20.0. The van der Waals surface area contributed by atoms with Gasteiger partial charge < -0.3 is 9.30 Å². The Bertz CT molecular complexity index is 1780. The lowest BCUT2D eigenvalue weighted by molar-refractivity contribution is 0.416. The van der Waals surface area contributed by atoms with Gasteiger partial charge in [0, 0.05) is 18.0 Å². The van der Waals surface area contributed by atoms with E-state index in [0.717, 1.165) is 44.5 Å². The number of ether oxygens (including phenoxy) is 1. The Morgan fingerprint density at radius 2 is 1.81 bits per heavy atom. The van der Waals surface area contributed by atoms with Crippen molar-refractivity contribution < 1.29 is 4.74 Å². The van der Waals surface area contributed by atoms with Gasteiger partial charge in [0.15, 0.2) is 0 Å². The van der Waals surface area contributed by atoms with Gasteiger partial charge in [-0.15, -0.1) is 4.99 Å². The van der Waals surface area contributed by atoms with Crippen LogP contribution in [0.15, 0.2) is 72.0 Å². The molecule has 0 unspecified atom stereocenters. The fraction of sp³-hybridized carbons (Fsp3) is 0.179. The predicted octanol–water partition coefficient (Wildman–Crippen LogP) is 4.77. The lowest BCUT2D eigenvalue weighted by atomic mass is 9.91. The molecule has 0 aliphatic rings. The minimum absolute atomic E-state index is 0.443. The van der Waals surface area contributed by atoms with E-state index in [9.17, 15) is 10.5 Å². The summed E-state index contributed by atoms with van der Waals surface area (Å²) < 4.78 is 9.34. The van der Waals surface area contributed by atoms with Crippen LogP contribution in [0, 0.1) is 22.8 Å². The van der Waals surface area contributed by atoms with Crippen LogP contribution in [0.3, 0.4) is 0 Å². The fourth-order valence-electron chi connectivity index (χ4n) is 4.42. The second kappa shape index (κ2) is 8.68. The van der Waals surface area contributed by atoms with Crippen molar-refractivity contribution in [3.05, 3.63) is 78.3 Å². The summed E-state index contributed by atoms with van der Waals surface area (Å²) in [6.07, 6.45) is 5.42. The van der Waals surface area contributed by atoms with Crippen molar-refractivity contribution in [3.8, 4) is 34.8 Å². The Morgan fingerprint density at radius 3 is 2.50 bits per heavy atom. The van der Waals surface area contributed by atoms with Crippen molar-refractivity contribution >= 4 is 21.9 Å². The number of methoxy groups -OCH3 is 1. The first kappa shape index (κ1) is 22.8. The molecule has 8 nitrogen and oxygen atoms in total. The zero-order chi connectivity index (χ0) is 25.4. The zero-order valence-corrected chi connectivity index (χ0v) is 20.4. The molecule has 5 aromatic rings. The molecule has 0 saturated heterocycles. The zero-order valence-electron chi connectivity index (χ0n) is 20.4. The second-order valence-corrected chi connectivity index (χ2v) is 8.97. The topological polar surface area (TPSA) is 105 Å². The number of aryl methyl sites for hydroxylation is 1. The minimum Gasteiger partial charge on any atom is -0.496 e. The minimum atomic E-state index is -0.720. The van der Waals surface area contributed by atoms with E-state index in [1.165, 1.54) is 0 Å². The van der Waals surface area contributed by atoms with Crippen LogP contribution in [-0.4, -0.2) is 26.2 Å². The number of pyridine rings is 2. The number of hydrogen-bond acceptors (Lipinski definition) is 6. The van der Waals surface area contributed by atoms with E-state index in [1.54, 1.807) is 19.5 Å². The summed E-state index contributed by atoms with van der Waals surface area (Å²) in [6.45, 7) is 3.66. The van der Waals surface area contributed by atoms with E-state index in [1.807, 2.05) is 84.8 Å². The maximum absolute atomic E-state index is 9.50. The van der Waals surface area contributed by atoms with Crippen molar-refractivity contribution in [2.24, 2.45) is 12.0 Å². The quantitative estimate of drug-likeness (QED) is 0.350. The van der Waals surface area contributed by atoms with Crippen LogP contribution >= 0.6 is 0 Å². The number of para-hydroxylation sites is 1. The highest BCUT2D eigenvalue weighted by molar-refractivity contribution is 6.04. The Balaban J connectivity index is 1.85. The number of nitriles is 2. The van der Waals surface area contributed by atoms with Crippen LogP contribution in [0.4, 0.5) is 0 Å². The van der Waals surface area contributed by atoms with Crippen LogP contribution < -0.4 is 10.4 Å². The number of aromatic nitrogens is 4. The van der Waals surface area contributed by atoms with Gasteiger partial charge in [-0.2, -0.15) is 10.5 Å². The lowest BCUT2D eigenvalue weighted by Gasteiger charge is -2.15. The highest BCUT2D eigenvalue weighted by atomic mass is 16.5. The first-order valence-corrected chi connectivity index (χ1v) is 11.3. The molecule has 5 rings (SSSR count). The van der Waals surface area contributed by atoms with Crippen molar-refractivity contribution in [1.82, 2.24) is 19.1 Å². The van der Waals surface area contributed by atoms with E-state index < -0.39 is 5.41 Å². The van der Waals surface area contributed by atoms with Crippen LogP contribution in [0.1, 0.15) is 19.5 Å². The Hall–Kier alpha value is -4.95. The molecule has 0 radical (unpaired) electrons. The molecule has 36 heavy (non-hydrogen) atoms. The lowest BCUT2D eigenvalue weighted by Crippen LogP contribution is -2.23. The van der Waals surface area contributed by atoms with Crippen molar-refractivity contribution in [2.45, 2.75) is 19.3 Å². The third-order valence-electron chi connectivity index (χ3n) is 6.40. The highest BCUT2D eigenvalue weighted by Crippen LogP contribution is 2.34. The summed E-state index contributed by atoms with van der Waals surface area (Å²) in [7, 11) is 3.51. The Kier molecular flexibility index (Phi) is 5.50. The van der Waals surface area contributed by atoms with E-state index in [4.69, 9.17) is 4.74 Å². The Morgan fingerprint density at radius 1 is 1.00 bits per heavy atom. The predicted molar refractivity (Wildman–Crippen MR) is 137 cm³/mol. The molecular weight excluding hydrogens is 450 g/mol. The summed E-state index contributed by atoms with van der Waals surface area (Å²) in [5.74, 6) is 0.776. The van der Waals surface area contributed by atoms with Crippen molar-refractivity contribution in [2.75, 3.05) is 7.11 Å². The number of fused-ring (bicyclic) bond motifs is 3. The molecule has 8 heteroatoms. The van der Waals surface area contributed by atoms with Crippen LogP contribution in [0.2, 0.25) is 0 Å². The van der Waals surface area contributed by atoms with Crippen LogP contribution in [0.5, 0.6) is 5.75 Å². The normalized spacial score (nSPS) is 12.0. The summed E-state index contributed by atoms with van der Waals surface area (Å²) in [5, 5.41) is 19.9. The number of imidazole rings is 1. The van der Waals surface area contributed by atoms with E-state index in [-0.39, 0.29) is 0 Å². The molecule has 3 aromatic heterocycles. The number of rotatable bonds is 4. The fourth-order valence-corrected chi connectivity index (χ4v) is 4.42. The first-order chi connectivity index (χ1) is 17.4. The van der Waals surface area contributed by atoms with Gasteiger partial charge in [-0.05, 0) is 49.7 Å². The molecule has 0 atom stereocenters. The molecule has 0 spiro atoms. The summed E-state index contributed by atoms with van der Waals surface area (Å²) in [4.78, 5) is 13.4. The van der Waals surface area contributed by atoms with Crippen molar-refractivity contribution in [3.63, 3.8) is 0 Å². The Labute approximate surface area is 208 Å². The molecule has 0 N–H and O–H groups in total. The molecule has 0 fully saturated rings. The first-order valence-electron chi connectivity index (χ1n) is 11.3. The van der Waals surface area contributed by atoms with E-state index in [2.05, 4.69) is 27.1 Å². The van der Waals surface area contributed by atoms with Gasteiger partial charge in [0.05, 0.1) is 58.9 Å². The van der Waals surface area contributed by atoms with Crippen LogP contribution in [0.25, 0.3) is 38.8 Å². The number of benzene rings is 2. The SMILES string of the molecule is COc1ccccc1-c1ccc2ncc3c(c2c1)n(-c1ccc(C(C)(C)C#N)nc1)c(=NC#N)n3C. The largest absolute Gasteiger partial charge is 0.496 e. The smallest absolute Gasteiger partial charge is 0.226 e. The maximum atomic E-state index is 9.50. The third kappa shape index (κ3) is 3.57. The van der Waals surface area contributed by atoms with Gasteiger partial charge >= 0.3 is 0 Å². The van der Waals surface area contributed by atoms with E-state index >= 15 is 0 Å². The van der Waals surface area contributed by atoms with E-state index in [0.29, 0.717) is 11.3 Å². The van der Waals surface area contributed by atoms with Gasteiger partial charge in [0.25, 0.3) is 0 Å². The van der Waals surface area contributed by atoms with Gasteiger partial charge in [0.1, 0.15) is 5.75 Å². The van der Waals surface area contributed by atoms with Crippen molar-refractivity contribution in [1.29, 1.82) is 10.5 Å². The molecule has 0 bridgehead atoms. The molecular formula is C28H23N7O. The highest BCUT2D eigenvalue weighted by Gasteiger charge is 2.22. The number of nitrogens with zero attached hydrogens (tertiary/aromatic N) is 7. The monoisotopic (exact) mass is 473 g/mol. The molecule has 3 heterocycles. The average Bonchev–Trinajstić information content (AvgIpc) is 3.20. The summed E-state index contributed by atoms with van der Waals surface area (Å²) >= 11 is 0. The number of hydrogen-bond donors (Lipinski definition) is 0. The third-order valence-corrected chi connectivity index (χ3v) is 6.40. The molecule has 2 aromatic carbocycles. The molecule has 0 aliphatic carbocycles. The van der Waals surface area contributed by atoms with Gasteiger partial charge in [0.2, 0.25) is 11.8 Å². The standard InChI is InChI=1S/C28H23N7O/c1-28(2,16-29)25-12-10-19(14-32-25)35-26-21-13-18(20-7-5-6-8-24(20)36-4)9-11-22(21)31-15-23(26)34(3)27(35)33-17-30/h5-15H,1-4H3. The van der Waals surface area contributed by atoms with Crippen LogP contribution in [-0.2, 0) is 12.5 Å². The van der Waals surface area contributed by atoms with Gasteiger partial charge in [-0.3, -0.25) is 14.5 Å². The molecule has 0 amide bonds. The molecule has 0 aliphatic heterocycles. The van der Waals surface area contributed by atoms with Gasteiger partial charge in [-0.25, -0.2) is 0 Å². The average molecular weight is 474 g/mol. The molecule has 176 valence electrons. The molecule has 0 saturated carbocycles. The second-order valence-electron chi connectivity index (χ2n) is 8.97. The summed E-state index contributed by atoms with van der Waals surface area (Å²) in [5.41, 5.74) is 5.53.